The van der Waals surface area contributed by atoms with Gasteiger partial charge in [0.1, 0.15) is 0 Å². The normalized spacial score (nSPS) is 10.3. The van der Waals surface area contributed by atoms with Gasteiger partial charge in [0.2, 0.25) is 0 Å². The topological polar surface area (TPSA) is 28.7 Å². The number of nitrogens with one attached hydrogen (secondary N) is 1. The number of nitrogens with zero attached hydrogens (tertiary/aromatic N) is 1. The van der Waals surface area contributed by atoms with Crippen molar-refractivity contribution in [3.05, 3.63) is 42.6 Å². The van der Waals surface area contributed by atoms with E-state index in [0.29, 0.717) is 0 Å². The molecule has 60 valence electrons. The van der Waals surface area contributed by atoms with Crippen molar-refractivity contribution in [1.29, 1.82) is 0 Å². The number of hydrogen-bond donors (Lipinski definition) is 1. The molecule has 2 aromatic rings. The van der Waals surface area contributed by atoms with Crippen molar-refractivity contribution < 1.29 is 0 Å². The molecular formula is C10H10N2. The Bertz CT molecular complexity index is 401. The number of allylic oxidation sites excluding steroid dienone is 1. The summed E-state index contributed by atoms with van der Waals surface area (Å²) in [5.74, 6) is 0. The van der Waals surface area contributed by atoms with Crippen LogP contribution >= 0.6 is 0 Å². The summed E-state index contributed by atoms with van der Waals surface area (Å²) in [5.41, 5.74) is 2.16. The van der Waals surface area contributed by atoms with E-state index >= 15 is 0 Å². The number of aromatic amines is 1. The summed E-state index contributed by atoms with van der Waals surface area (Å²) in [6, 6.07) is 8.11. The standard InChI is InChI=1S/C10H10N2/c1-2-5-9-8-6-3-4-7-10(8)12-11-9/h2-4,6-7H,1,5H2,(H,11,12). The zero-order valence-electron chi connectivity index (χ0n) is 6.75. The molecule has 2 heteroatoms. The highest BCUT2D eigenvalue weighted by molar-refractivity contribution is 5.81. The fraction of sp³-hybridized carbons (Fsp3) is 0.100. The van der Waals surface area contributed by atoms with E-state index in [2.05, 4.69) is 22.8 Å². The van der Waals surface area contributed by atoms with Crippen molar-refractivity contribution in [3.63, 3.8) is 0 Å². The molecule has 0 unspecified atom stereocenters. The molecule has 2 rings (SSSR count). The Morgan fingerprint density at radius 2 is 2.25 bits per heavy atom. The lowest BCUT2D eigenvalue weighted by atomic mass is 10.2. The van der Waals surface area contributed by atoms with Crippen LogP contribution in [0.5, 0.6) is 0 Å². The van der Waals surface area contributed by atoms with E-state index in [1.54, 1.807) is 0 Å². The van der Waals surface area contributed by atoms with Crippen molar-refractivity contribution in [2.45, 2.75) is 6.42 Å². The van der Waals surface area contributed by atoms with Gasteiger partial charge < -0.3 is 0 Å². The minimum absolute atomic E-state index is 0.823. The lowest BCUT2D eigenvalue weighted by Gasteiger charge is -1.89. The van der Waals surface area contributed by atoms with Gasteiger partial charge in [-0.15, -0.1) is 6.58 Å². The van der Waals surface area contributed by atoms with Crippen LogP contribution in [0.1, 0.15) is 5.69 Å². The van der Waals surface area contributed by atoms with Gasteiger partial charge in [0.15, 0.2) is 0 Å². The van der Waals surface area contributed by atoms with Crippen LogP contribution in [0.2, 0.25) is 0 Å². The Labute approximate surface area is 70.9 Å². The van der Waals surface area contributed by atoms with E-state index < -0.39 is 0 Å². The number of H-pyrrole nitrogens is 1. The largest absolute Gasteiger partial charge is 0.278 e. The van der Waals surface area contributed by atoms with Crippen molar-refractivity contribution in [2.24, 2.45) is 0 Å². The summed E-state index contributed by atoms with van der Waals surface area (Å²) < 4.78 is 0. The zero-order valence-corrected chi connectivity index (χ0v) is 6.75. The molecule has 0 amide bonds. The molecule has 12 heavy (non-hydrogen) atoms. The molecule has 0 radical (unpaired) electrons. The molecule has 0 aliphatic carbocycles. The molecule has 0 spiro atoms. The fourth-order valence-corrected chi connectivity index (χ4v) is 1.31. The van der Waals surface area contributed by atoms with Crippen LogP contribution in [0.3, 0.4) is 0 Å². The smallest absolute Gasteiger partial charge is 0.0738 e. The highest BCUT2D eigenvalue weighted by Gasteiger charge is 2.00. The van der Waals surface area contributed by atoms with Crippen molar-refractivity contribution >= 4 is 10.9 Å². The molecule has 1 aromatic carbocycles. The predicted octanol–water partition coefficient (Wildman–Crippen LogP) is 2.29. The molecule has 0 saturated heterocycles. The van der Waals surface area contributed by atoms with Crippen LogP contribution in [-0.2, 0) is 6.42 Å². The summed E-state index contributed by atoms with van der Waals surface area (Å²) in [6.07, 6.45) is 2.69. The number of aromatic nitrogens is 2. The van der Waals surface area contributed by atoms with E-state index in [4.69, 9.17) is 0 Å². The van der Waals surface area contributed by atoms with Gasteiger partial charge in [0.05, 0.1) is 11.2 Å². The van der Waals surface area contributed by atoms with Gasteiger partial charge in [-0.2, -0.15) is 5.10 Å². The lowest BCUT2D eigenvalue weighted by Crippen LogP contribution is -1.79. The van der Waals surface area contributed by atoms with Crippen LogP contribution < -0.4 is 0 Å². The highest BCUT2D eigenvalue weighted by Crippen LogP contribution is 2.15. The summed E-state index contributed by atoms with van der Waals surface area (Å²) in [7, 11) is 0. The van der Waals surface area contributed by atoms with Crippen molar-refractivity contribution in [1.82, 2.24) is 10.2 Å². The average molecular weight is 158 g/mol. The van der Waals surface area contributed by atoms with Gasteiger partial charge >= 0.3 is 0 Å². The van der Waals surface area contributed by atoms with E-state index in [9.17, 15) is 0 Å². The first-order valence-electron chi connectivity index (χ1n) is 3.94. The zero-order chi connectivity index (χ0) is 8.39. The molecule has 0 saturated carbocycles. The molecular weight excluding hydrogens is 148 g/mol. The Kier molecular flexibility index (Phi) is 1.67. The molecule has 1 N–H and O–H groups in total. The SMILES string of the molecule is C=CCc1n[nH]c2ccccc12. The maximum atomic E-state index is 4.19. The second-order valence-corrected chi connectivity index (χ2v) is 2.71. The van der Waals surface area contributed by atoms with Gasteiger partial charge in [-0.3, -0.25) is 5.10 Å². The first kappa shape index (κ1) is 7.10. The summed E-state index contributed by atoms with van der Waals surface area (Å²) >= 11 is 0. The molecule has 0 aliphatic heterocycles. The van der Waals surface area contributed by atoms with Gasteiger partial charge in [-0.1, -0.05) is 24.3 Å². The molecule has 0 fully saturated rings. The Morgan fingerprint density at radius 3 is 3.08 bits per heavy atom. The number of rotatable bonds is 2. The van der Waals surface area contributed by atoms with E-state index in [-0.39, 0.29) is 0 Å². The molecule has 0 bridgehead atoms. The first-order chi connectivity index (χ1) is 5.92. The monoisotopic (exact) mass is 158 g/mol. The molecule has 0 aliphatic rings. The maximum absolute atomic E-state index is 4.19. The number of benzene rings is 1. The summed E-state index contributed by atoms with van der Waals surface area (Å²) in [5, 5.41) is 8.36. The number of para-hydroxylation sites is 1. The van der Waals surface area contributed by atoms with Crippen molar-refractivity contribution in [2.75, 3.05) is 0 Å². The molecule has 1 aromatic heterocycles. The van der Waals surface area contributed by atoms with Gasteiger partial charge in [-0.05, 0) is 6.07 Å². The van der Waals surface area contributed by atoms with Gasteiger partial charge in [0.25, 0.3) is 0 Å². The third-order valence-corrected chi connectivity index (χ3v) is 1.89. The predicted molar refractivity (Wildman–Crippen MR) is 50.0 cm³/mol. The first-order valence-corrected chi connectivity index (χ1v) is 3.94. The minimum Gasteiger partial charge on any atom is -0.278 e. The Hall–Kier alpha value is -1.57. The number of hydrogen-bond acceptors (Lipinski definition) is 1. The Balaban J connectivity index is 2.62. The third-order valence-electron chi connectivity index (χ3n) is 1.89. The number of fused-ring (bicyclic) bond motifs is 1. The van der Waals surface area contributed by atoms with Crippen LogP contribution in [0.25, 0.3) is 10.9 Å². The van der Waals surface area contributed by atoms with Gasteiger partial charge in [0, 0.05) is 11.8 Å². The average Bonchev–Trinajstić information content (AvgIpc) is 2.50. The fourth-order valence-electron chi connectivity index (χ4n) is 1.31. The lowest BCUT2D eigenvalue weighted by molar-refractivity contribution is 1.03. The Morgan fingerprint density at radius 1 is 1.42 bits per heavy atom. The summed E-state index contributed by atoms with van der Waals surface area (Å²) in [6.45, 7) is 3.69. The van der Waals surface area contributed by atoms with Crippen LogP contribution in [0, 0.1) is 0 Å². The molecule has 0 atom stereocenters. The third kappa shape index (κ3) is 1.01. The molecule has 1 heterocycles. The molecule has 2 nitrogen and oxygen atoms in total. The summed E-state index contributed by atoms with van der Waals surface area (Å²) in [4.78, 5) is 0. The second kappa shape index (κ2) is 2.81. The second-order valence-electron chi connectivity index (χ2n) is 2.71. The maximum Gasteiger partial charge on any atom is 0.0738 e. The quantitative estimate of drug-likeness (QED) is 0.667. The van der Waals surface area contributed by atoms with Crippen LogP contribution in [0.4, 0.5) is 0 Å². The van der Waals surface area contributed by atoms with E-state index in [1.807, 2.05) is 24.3 Å². The van der Waals surface area contributed by atoms with E-state index in [0.717, 1.165) is 17.6 Å². The van der Waals surface area contributed by atoms with Crippen LogP contribution in [-0.4, -0.2) is 10.2 Å². The van der Waals surface area contributed by atoms with Gasteiger partial charge in [-0.25, -0.2) is 0 Å². The van der Waals surface area contributed by atoms with E-state index in [1.165, 1.54) is 5.39 Å². The minimum atomic E-state index is 0.823. The highest BCUT2D eigenvalue weighted by atomic mass is 15.1. The van der Waals surface area contributed by atoms with Crippen molar-refractivity contribution in [3.8, 4) is 0 Å². The van der Waals surface area contributed by atoms with Crippen LogP contribution in [0.15, 0.2) is 36.9 Å².